The number of nitrogens with zero attached hydrogens (tertiary/aromatic N) is 2. The molecular formula is C19H23F3N2O3. The molecule has 1 saturated carbocycles. The predicted octanol–water partition coefficient (Wildman–Crippen LogP) is 3.92. The zero-order valence-corrected chi connectivity index (χ0v) is 15.4. The van der Waals surface area contributed by atoms with Gasteiger partial charge >= 0.3 is 6.18 Å². The van der Waals surface area contributed by atoms with Gasteiger partial charge in [-0.05, 0) is 54.9 Å². The topological polar surface area (TPSA) is 73.1 Å². The van der Waals surface area contributed by atoms with Gasteiger partial charge in [0.05, 0.1) is 5.92 Å². The van der Waals surface area contributed by atoms with Crippen LogP contribution in [0.1, 0.15) is 50.4 Å². The van der Waals surface area contributed by atoms with Gasteiger partial charge < -0.3 is 10.2 Å². The average molecular weight is 384 g/mol. The third kappa shape index (κ3) is 3.20. The molecule has 0 bridgehead atoms. The second kappa shape index (κ2) is 6.22. The van der Waals surface area contributed by atoms with E-state index in [1.165, 1.54) is 24.3 Å². The Balaban J connectivity index is 2.01. The van der Waals surface area contributed by atoms with Gasteiger partial charge in [-0.15, -0.1) is 0 Å². The predicted molar refractivity (Wildman–Crippen MR) is 93.0 cm³/mol. The fourth-order valence-corrected chi connectivity index (χ4v) is 3.93. The molecule has 1 aliphatic heterocycles. The number of aromatic hydroxyl groups is 1. The Morgan fingerprint density at radius 3 is 2.33 bits per heavy atom. The number of alkyl halides is 3. The van der Waals surface area contributed by atoms with E-state index in [1.807, 2.05) is 20.8 Å². The van der Waals surface area contributed by atoms with E-state index in [0.29, 0.717) is 12.8 Å². The average Bonchev–Trinajstić information content (AvgIpc) is 2.88. The molecule has 1 aromatic rings. The summed E-state index contributed by atoms with van der Waals surface area (Å²) in [5.74, 6) is -2.48. The van der Waals surface area contributed by atoms with Gasteiger partial charge in [0.2, 0.25) is 0 Å². The van der Waals surface area contributed by atoms with Crippen LogP contribution >= 0.6 is 0 Å². The number of carbonyl (C=O) groups excluding carboxylic acids is 1. The van der Waals surface area contributed by atoms with Crippen LogP contribution in [0.25, 0.3) is 0 Å². The van der Waals surface area contributed by atoms with Crippen molar-refractivity contribution in [2.75, 3.05) is 0 Å². The lowest BCUT2D eigenvalue weighted by atomic mass is 9.66. The number of benzene rings is 1. The van der Waals surface area contributed by atoms with Crippen LogP contribution in [0.3, 0.4) is 0 Å². The number of hydrogen-bond donors (Lipinski definition) is 2. The number of fused-ring (bicyclic) bond motifs is 1. The number of hydrazone groups is 1. The van der Waals surface area contributed by atoms with Crippen molar-refractivity contribution in [3.63, 3.8) is 0 Å². The lowest BCUT2D eigenvalue weighted by Gasteiger charge is -2.42. The van der Waals surface area contributed by atoms with Crippen LogP contribution in [0.5, 0.6) is 5.75 Å². The Labute approximate surface area is 155 Å². The van der Waals surface area contributed by atoms with Crippen molar-refractivity contribution in [2.24, 2.45) is 22.4 Å². The molecule has 1 heterocycles. The van der Waals surface area contributed by atoms with Crippen LogP contribution in [-0.4, -0.2) is 38.7 Å². The maximum absolute atomic E-state index is 14.0. The Morgan fingerprint density at radius 2 is 1.81 bits per heavy atom. The molecule has 0 unspecified atom stereocenters. The molecule has 0 saturated heterocycles. The summed E-state index contributed by atoms with van der Waals surface area (Å²) in [7, 11) is 0. The minimum atomic E-state index is -5.06. The monoisotopic (exact) mass is 384 g/mol. The summed E-state index contributed by atoms with van der Waals surface area (Å²) in [6.07, 6.45) is -3.98. The van der Waals surface area contributed by atoms with E-state index in [-0.39, 0.29) is 39.8 Å². The van der Waals surface area contributed by atoms with Gasteiger partial charge in [0.15, 0.2) is 0 Å². The number of hydrogen-bond acceptors (Lipinski definition) is 4. The second-order valence-electron chi connectivity index (χ2n) is 8.37. The summed E-state index contributed by atoms with van der Waals surface area (Å²) < 4.78 is 41.9. The lowest BCUT2D eigenvalue weighted by molar-refractivity contribution is -0.314. The third-order valence-electron chi connectivity index (χ3n) is 5.66. The normalized spacial score (nSPS) is 28.7. The number of phenols is 1. The van der Waals surface area contributed by atoms with Crippen molar-refractivity contribution in [2.45, 2.75) is 51.9 Å². The number of aliphatic hydroxyl groups is 1. The van der Waals surface area contributed by atoms with E-state index in [1.54, 1.807) is 0 Å². The molecule has 1 aliphatic carbocycles. The molecule has 5 nitrogen and oxygen atoms in total. The highest BCUT2D eigenvalue weighted by atomic mass is 19.4. The summed E-state index contributed by atoms with van der Waals surface area (Å²) in [5.41, 5.74) is -3.47. The molecule has 1 amide bonds. The molecule has 3 rings (SSSR count). The van der Waals surface area contributed by atoms with Crippen LogP contribution < -0.4 is 0 Å². The summed E-state index contributed by atoms with van der Waals surface area (Å²) in [6.45, 7) is 5.88. The van der Waals surface area contributed by atoms with Crippen molar-refractivity contribution >= 4 is 11.6 Å². The Hall–Kier alpha value is -2.09. The Morgan fingerprint density at radius 1 is 1.22 bits per heavy atom. The van der Waals surface area contributed by atoms with Gasteiger partial charge in [0.1, 0.15) is 5.75 Å². The smallest absolute Gasteiger partial charge is 0.439 e. The standard InChI is InChI=1S/C19H23F3N2O3/c1-17(2,3)12-6-9-15-14(10-12)18(27,19(20,21)22)24(23-15)16(26)11-4-7-13(25)8-5-11/h4-5,7-8,12,14,25,27H,6,9-10H2,1-3H3/t12-,14-,18-/m1/s1. The molecule has 27 heavy (non-hydrogen) atoms. The van der Waals surface area contributed by atoms with E-state index in [2.05, 4.69) is 5.10 Å². The van der Waals surface area contributed by atoms with E-state index in [9.17, 15) is 28.2 Å². The summed E-state index contributed by atoms with van der Waals surface area (Å²) >= 11 is 0. The van der Waals surface area contributed by atoms with Gasteiger partial charge in [0, 0.05) is 11.3 Å². The number of amides is 1. The molecule has 2 N–H and O–H groups in total. The van der Waals surface area contributed by atoms with E-state index in [4.69, 9.17) is 0 Å². The number of rotatable bonds is 1. The van der Waals surface area contributed by atoms with Gasteiger partial charge in [-0.25, -0.2) is 0 Å². The highest BCUT2D eigenvalue weighted by Gasteiger charge is 2.69. The van der Waals surface area contributed by atoms with Gasteiger partial charge in [-0.1, -0.05) is 20.8 Å². The Kier molecular flexibility index (Phi) is 4.53. The number of phenolic OH excluding ortho intramolecular Hbond substituents is 1. The SMILES string of the molecule is CC(C)(C)[C@@H]1CCC2=NN(C(=O)c3ccc(O)cc3)[C@](O)(C(F)(F)F)[C@@H]2C1. The molecule has 0 spiro atoms. The summed E-state index contributed by atoms with van der Waals surface area (Å²) in [4.78, 5) is 12.7. The first-order chi connectivity index (χ1) is 12.4. The molecule has 3 atom stereocenters. The molecule has 2 aliphatic rings. The van der Waals surface area contributed by atoms with E-state index >= 15 is 0 Å². The first kappa shape index (κ1) is 19.7. The summed E-state index contributed by atoms with van der Waals surface area (Å²) in [6, 6.07) is 4.81. The van der Waals surface area contributed by atoms with E-state index < -0.39 is 23.7 Å². The van der Waals surface area contributed by atoms with Crippen molar-refractivity contribution in [3.8, 4) is 5.75 Å². The number of halogens is 3. The van der Waals surface area contributed by atoms with Crippen molar-refractivity contribution in [1.82, 2.24) is 5.01 Å². The summed E-state index contributed by atoms with van der Waals surface area (Å²) in [5, 5.41) is 24.2. The molecule has 1 aromatic carbocycles. The van der Waals surface area contributed by atoms with Gasteiger partial charge in [-0.3, -0.25) is 4.79 Å². The van der Waals surface area contributed by atoms with E-state index in [0.717, 1.165) is 0 Å². The minimum Gasteiger partial charge on any atom is -0.508 e. The largest absolute Gasteiger partial charge is 0.508 e. The molecular weight excluding hydrogens is 361 g/mol. The molecule has 0 aromatic heterocycles. The molecule has 8 heteroatoms. The highest BCUT2D eigenvalue weighted by molar-refractivity contribution is 5.99. The maximum atomic E-state index is 14.0. The van der Waals surface area contributed by atoms with Crippen LogP contribution in [0.15, 0.2) is 29.4 Å². The fraction of sp³-hybridized carbons (Fsp3) is 0.579. The lowest BCUT2D eigenvalue weighted by Crippen LogP contribution is -2.62. The van der Waals surface area contributed by atoms with Crippen LogP contribution in [0, 0.1) is 17.3 Å². The van der Waals surface area contributed by atoms with Crippen LogP contribution in [0.2, 0.25) is 0 Å². The van der Waals surface area contributed by atoms with Crippen LogP contribution in [-0.2, 0) is 0 Å². The minimum absolute atomic E-state index is 0.0287. The fourth-order valence-electron chi connectivity index (χ4n) is 3.93. The van der Waals surface area contributed by atoms with Crippen molar-refractivity contribution in [3.05, 3.63) is 29.8 Å². The van der Waals surface area contributed by atoms with Gasteiger partial charge in [0.25, 0.3) is 11.6 Å². The first-order valence-corrected chi connectivity index (χ1v) is 8.85. The van der Waals surface area contributed by atoms with Crippen molar-refractivity contribution < 1.29 is 28.2 Å². The maximum Gasteiger partial charge on any atom is 0.439 e. The number of carbonyl (C=O) groups is 1. The zero-order chi connectivity index (χ0) is 20.2. The third-order valence-corrected chi connectivity index (χ3v) is 5.66. The van der Waals surface area contributed by atoms with Gasteiger partial charge in [-0.2, -0.15) is 23.3 Å². The molecule has 148 valence electrons. The second-order valence-corrected chi connectivity index (χ2v) is 8.37. The zero-order valence-electron chi connectivity index (χ0n) is 15.4. The Bertz CT molecular complexity index is 768. The molecule has 0 radical (unpaired) electrons. The first-order valence-electron chi connectivity index (χ1n) is 8.85. The van der Waals surface area contributed by atoms with Crippen molar-refractivity contribution in [1.29, 1.82) is 0 Å². The molecule has 1 fully saturated rings. The quantitative estimate of drug-likeness (QED) is 0.771. The van der Waals surface area contributed by atoms with Crippen LogP contribution in [0.4, 0.5) is 13.2 Å². The highest BCUT2D eigenvalue weighted by Crippen LogP contribution is 2.52.